The van der Waals surface area contributed by atoms with Gasteiger partial charge >= 0.3 is 0 Å². The second-order valence-corrected chi connectivity index (χ2v) is 4.02. The van der Waals surface area contributed by atoms with Crippen molar-refractivity contribution < 1.29 is 4.79 Å². The fourth-order valence-electron chi connectivity index (χ4n) is 2.14. The highest BCUT2D eigenvalue weighted by atomic mass is 16.2. The molecule has 3 rings (SSSR count). The van der Waals surface area contributed by atoms with Gasteiger partial charge in [0.25, 0.3) is 0 Å². The molecule has 0 radical (unpaired) electrons. The Morgan fingerprint density at radius 2 is 2.19 bits per heavy atom. The average Bonchev–Trinajstić information content (AvgIpc) is 2.67. The van der Waals surface area contributed by atoms with Gasteiger partial charge in [-0.15, -0.1) is 0 Å². The van der Waals surface area contributed by atoms with Crippen molar-refractivity contribution >= 4 is 23.0 Å². The van der Waals surface area contributed by atoms with Gasteiger partial charge in [0.1, 0.15) is 5.82 Å². The van der Waals surface area contributed by atoms with Crippen LogP contribution in [-0.4, -0.2) is 15.5 Å². The van der Waals surface area contributed by atoms with Gasteiger partial charge in [-0.05, 0) is 24.6 Å². The molecule has 0 bridgehead atoms. The van der Waals surface area contributed by atoms with Crippen LogP contribution in [0.5, 0.6) is 0 Å². The number of benzene rings is 1. The van der Waals surface area contributed by atoms with Crippen molar-refractivity contribution in [2.75, 3.05) is 0 Å². The lowest BCUT2D eigenvalue weighted by molar-refractivity contribution is 0.0914. The van der Waals surface area contributed by atoms with E-state index in [1.165, 1.54) is 0 Å². The van der Waals surface area contributed by atoms with E-state index in [2.05, 4.69) is 11.9 Å². The number of nitrogens with zero attached hydrogens (tertiary/aromatic N) is 2. The van der Waals surface area contributed by atoms with E-state index in [0.29, 0.717) is 6.42 Å². The van der Waals surface area contributed by atoms with Crippen LogP contribution in [-0.2, 0) is 0 Å². The summed E-state index contributed by atoms with van der Waals surface area (Å²) in [6.07, 6.45) is 3.46. The molecule has 3 nitrogen and oxygen atoms in total. The third-order valence-electron chi connectivity index (χ3n) is 3.00. The molecule has 2 aromatic rings. The summed E-state index contributed by atoms with van der Waals surface area (Å²) < 4.78 is 1.72. The summed E-state index contributed by atoms with van der Waals surface area (Å²) in [6, 6.07) is 7.75. The van der Waals surface area contributed by atoms with Crippen LogP contribution in [0.4, 0.5) is 0 Å². The fraction of sp³-hybridized carbons (Fsp3) is 0.231. The van der Waals surface area contributed by atoms with E-state index >= 15 is 0 Å². The summed E-state index contributed by atoms with van der Waals surface area (Å²) in [4.78, 5) is 16.5. The van der Waals surface area contributed by atoms with Crippen LogP contribution in [0.15, 0.2) is 29.8 Å². The number of aromatic nitrogens is 2. The van der Waals surface area contributed by atoms with Crippen LogP contribution in [0.3, 0.4) is 0 Å². The second-order valence-electron chi connectivity index (χ2n) is 4.02. The maximum absolute atomic E-state index is 12.0. The van der Waals surface area contributed by atoms with E-state index in [4.69, 9.17) is 0 Å². The van der Waals surface area contributed by atoms with Gasteiger partial charge in [-0.25, -0.2) is 4.98 Å². The summed E-state index contributed by atoms with van der Waals surface area (Å²) in [5.74, 6) is 0.900. The van der Waals surface area contributed by atoms with Crippen molar-refractivity contribution in [1.29, 1.82) is 0 Å². The molecule has 0 saturated carbocycles. The molecule has 16 heavy (non-hydrogen) atoms. The zero-order valence-corrected chi connectivity index (χ0v) is 9.10. The number of rotatable bonds is 1. The SMILES string of the molecule is CCC1=Cc2nc3ccccc3n2C(=O)C1. The van der Waals surface area contributed by atoms with Crippen LogP contribution in [0, 0.1) is 0 Å². The molecular weight excluding hydrogens is 200 g/mol. The molecule has 0 saturated heterocycles. The quantitative estimate of drug-likeness (QED) is 0.728. The highest BCUT2D eigenvalue weighted by Crippen LogP contribution is 2.25. The lowest BCUT2D eigenvalue weighted by atomic mass is 10.1. The van der Waals surface area contributed by atoms with Gasteiger partial charge in [0.2, 0.25) is 5.91 Å². The standard InChI is InChI=1S/C13H12N2O/c1-2-9-7-12-14-10-5-3-4-6-11(10)15(12)13(16)8-9/h3-7H,2,8H2,1H3. The van der Waals surface area contributed by atoms with Gasteiger partial charge in [0.05, 0.1) is 11.0 Å². The van der Waals surface area contributed by atoms with Crippen LogP contribution in [0.25, 0.3) is 17.1 Å². The molecule has 1 aromatic heterocycles. The number of allylic oxidation sites excluding steroid dienone is 1. The highest BCUT2D eigenvalue weighted by molar-refractivity contribution is 5.96. The molecule has 0 aliphatic carbocycles. The molecular formula is C13H12N2O. The molecule has 1 aliphatic heterocycles. The Kier molecular flexibility index (Phi) is 1.93. The van der Waals surface area contributed by atoms with Crippen molar-refractivity contribution in [3.05, 3.63) is 35.7 Å². The van der Waals surface area contributed by atoms with Gasteiger partial charge < -0.3 is 0 Å². The molecule has 2 heterocycles. The van der Waals surface area contributed by atoms with Crippen LogP contribution >= 0.6 is 0 Å². The zero-order chi connectivity index (χ0) is 11.1. The van der Waals surface area contributed by atoms with E-state index in [1.54, 1.807) is 4.57 Å². The molecule has 0 atom stereocenters. The van der Waals surface area contributed by atoms with Crippen LogP contribution in [0.1, 0.15) is 30.4 Å². The smallest absolute Gasteiger partial charge is 0.236 e. The summed E-state index contributed by atoms with van der Waals surface area (Å²) >= 11 is 0. The van der Waals surface area contributed by atoms with E-state index in [0.717, 1.165) is 28.9 Å². The minimum absolute atomic E-state index is 0.128. The highest BCUT2D eigenvalue weighted by Gasteiger charge is 2.20. The Morgan fingerprint density at radius 3 is 3.00 bits per heavy atom. The second kappa shape index (κ2) is 3.30. The number of hydrogen-bond donors (Lipinski definition) is 0. The molecule has 0 amide bonds. The Hall–Kier alpha value is -1.90. The number of hydrogen-bond acceptors (Lipinski definition) is 2. The molecule has 1 aliphatic rings. The largest absolute Gasteiger partial charge is 0.274 e. The minimum Gasteiger partial charge on any atom is -0.274 e. The van der Waals surface area contributed by atoms with E-state index in [-0.39, 0.29) is 5.91 Å². The van der Waals surface area contributed by atoms with E-state index in [1.807, 2.05) is 30.3 Å². The Morgan fingerprint density at radius 1 is 1.38 bits per heavy atom. The van der Waals surface area contributed by atoms with E-state index < -0.39 is 0 Å². The van der Waals surface area contributed by atoms with E-state index in [9.17, 15) is 4.79 Å². The minimum atomic E-state index is 0.128. The van der Waals surface area contributed by atoms with Gasteiger partial charge in [0.15, 0.2) is 0 Å². The van der Waals surface area contributed by atoms with Crippen LogP contribution < -0.4 is 0 Å². The summed E-state index contributed by atoms with van der Waals surface area (Å²) in [6.45, 7) is 2.07. The third-order valence-corrected chi connectivity index (χ3v) is 3.00. The number of carbonyl (C=O) groups excluding carboxylic acids is 1. The van der Waals surface area contributed by atoms with Crippen molar-refractivity contribution in [3.8, 4) is 0 Å². The fourth-order valence-corrected chi connectivity index (χ4v) is 2.14. The average molecular weight is 212 g/mol. The summed E-state index contributed by atoms with van der Waals surface area (Å²) in [5.41, 5.74) is 2.96. The summed E-state index contributed by atoms with van der Waals surface area (Å²) in [7, 11) is 0. The Labute approximate surface area is 93.4 Å². The van der Waals surface area contributed by atoms with Crippen molar-refractivity contribution in [2.45, 2.75) is 19.8 Å². The maximum Gasteiger partial charge on any atom is 0.236 e. The lowest BCUT2D eigenvalue weighted by Gasteiger charge is -2.13. The first-order valence-corrected chi connectivity index (χ1v) is 5.49. The Balaban J connectivity index is 2.32. The molecule has 80 valence electrons. The number of imidazole rings is 1. The van der Waals surface area contributed by atoms with Gasteiger partial charge in [-0.2, -0.15) is 0 Å². The van der Waals surface area contributed by atoms with Crippen LogP contribution in [0.2, 0.25) is 0 Å². The third kappa shape index (κ3) is 1.21. The molecule has 0 unspecified atom stereocenters. The number of carbonyl (C=O) groups is 1. The Bertz CT molecular complexity index is 607. The van der Waals surface area contributed by atoms with Crippen molar-refractivity contribution in [1.82, 2.24) is 9.55 Å². The first kappa shape index (κ1) is 9.33. The summed E-state index contributed by atoms with van der Waals surface area (Å²) in [5, 5.41) is 0. The molecule has 0 N–H and O–H groups in total. The first-order valence-electron chi connectivity index (χ1n) is 5.49. The molecule has 0 spiro atoms. The topological polar surface area (TPSA) is 34.9 Å². The van der Waals surface area contributed by atoms with Gasteiger partial charge in [-0.1, -0.05) is 24.6 Å². The zero-order valence-electron chi connectivity index (χ0n) is 9.10. The predicted molar refractivity (Wildman–Crippen MR) is 63.2 cm³/mol. The van der Waals surface area contributed by atoms with Gasteiger partial charge in [0, 0.05) is 6.42 Å². The van der Waals surface area contributed by atoms with Crippen molar-refractivity contribution in [3.63, 3.8) is 0 Å². The van der Waals surface area contributed by atoms with Crippen molar-refractivity contribution in [2.24, 2.45) is 0 Å². The molecule has 1 aromatic carbocycles. The number of fused-ring (bicyclic) bond motifs is 3. The lowest BCUT2D eigenvalue weighted by Crippen LogP contribution is -2.16. The first-order chi connectivity index (χ1) is 7.79. The maximum atomic E-state index is 12.0. The normalized spacial score (nSPS) is 15.1. The molecule has 3 heteroatoms. The van der Waals surface area contributed by atoms with Gasteiger partial charge in [-0.3, -0.25) is 9.36 Å². The number of para-hydroxylation sites is 2. The molecule has 0 fully saturated rings. The predicted octanol–water partition coefficient (Wildman–Crippen LogP) is 2.87. The monoisotopic (exact) mass is 212 g/mol.